The smallest absolute Gasteiger partial charge is 0.405 e. The zero-order valence-corrected chi connectivity index (χ0v) is 12.1. The van der Waals surface area contributed by atoms with Crippen molar-refractivity contribution in [2.75, 3.05) is 31.6 Å². The van der Waals surface area contributed by atoms with Crippen LogP contribution in [0.1, 0.15) is 12.8 Å². The molecule has 0 saturated carbocycles. The van der Waals surface area contributed by atoms with Gasteiger partial charge in [0.15, 0.2) is 0 Å². The Morgan fingerprint density at radius 1 is 1.55 bits per heavy atom. The number of aromatic nitrogens is 2. The van der Waals surface area contributed by atoms with Crippen LogP contribution in [0.15, 0.2) is 12.3 Å². The van der Waals surface area contributed by atoms with Gasteiger partial charge in [0.1, 0.15) is 6.54 Å². The molecule has 0 aliphatic carbocycles. The summed E-state index contributed by atoms with van der Waals surface area (Å²) in [5, 5.41) is 1.93. The van der Waals surface area contributed by atoms with Gasteiger partial charge in [-0.05, 0) is 12.8 Å². The van der Waals surface area contributed by atoms with Crippen molar-refractivity contribution < 1.29 is 22.7 Å². The van der Waals surface area contributed by atoms with Crippen LogP contribution in [0.5, 0.6) is 5.88 Å². The summed E-state index contributed by atoms with van der Waals surface area (Å²) in [5.74, 6) is -0.294. The number of rotatable bonds is 4. The van der Waals surface area contributed by atoms with Crippen molar-refractivity contribution in [3.8, 4) is 5.88 Å². The Balaban J connectivity index is 1.97. The van der Waals surface area contributed by atoms with Gasteiger partial charge in [-0.3, -0.25) is 4.79 Å². The molecule has 2 rings (SSSR count). The van der Waals surface area contributed by atoms with E-state index in [-0.39, 0.29) is 6.54 Å². The molecule has 1 aromatic rings. The SMILES string of the molecule is COc1ccnc(N2CCCC(C(=O)NCC(F)(F)F)C2)n1. The lowest BCUT2D eigenvalue weighted by atomic mass is 9.97. The Morgan fingerprint density at radius 2 is 2.32 bits per heavy atom. The van der Waals surface area contributed by atoms with Crippen molar-refractivity contribution in [2.45, 2.75) is 19.0 Å². The third-order valence-electron chi connectivity index (χ3n) is 3.36. The number of nitrogens with one attached hydrogen (secondary N) is 1. The lowest BCUT2D eigenvalue weighted by molar-refractivity contribution is -0.140. The van der Waals surface area contributed by atoms with Crippen molar-refractivity contribution in [3.63, 3.8) is 0 Å². The van der Waals surface area contributed by atoms with E-state index < -0.39 is 24.5 Å². The number of halogens is 3. The Morgan fingerprint density at radius 3 is 3.00 bits per heavy atom. The van der Waals surface area contributed by atoms with Crippen molar-refractivity contribution in [1.82, 2.24) is 15.3 Å². The van der Waals surface area contributed by atoms with Crippen LogP contribution >= 0.6 is 0 Å². The maximum absolute atomic E-state index is 12.1. The highest BCUT2D eigenvalue weighted by Crippen LogP contribution is 2.22. The second kappa shape index (κ2) is 6.80. The largest absolute Gasteiger partial charge is 0.481 e. The molecule has 1 amide bonds. The summed E-state index contributed by atoms with van der Waals surface area (Å²) in [5.41, 5.74) is 0. The van der Waals surface area contributed by atoms with E-state index in [2.05, 4.69) is 9.97 Å². The second-order valence-corrected chi connectivity index (χ2v) is 5.02. The average Bonchev–Trinajstić information content (AvgIpc) is 2.52. The molecule has 0 bridgehead atoms. The van der Waals surface area contributed by atoms with E-state index in [1.165, 1.54) is 13.3 Å². The van der Waals surface area contributed by atoms with E-state index in [9.17, 15) is 18.0 Å². The predicted molar refractivity (Wildman–Crippen MR) is 72.6 cm³/mol. The summed E-state index contributed by atoms with van der Waals surface area (Å²) >= 11 is 0. The highest BCUT2D eigenvalue weighted by molar-refractivity contribution is 5.79. The maximum Gasteiger partial charge on any atom is 0.405 e. The third-order valence-corrected chi connectivity index (χ3v) is 3.36. The number of ether oxygens (including phenoxy) is 1. The van der Waals surface area contributed by atoms with Crippen LogP contribution in [-0.2, 0) is 4.79 Å². The summed E-state index contributed by atoms with van der Waals surface area (Å²) in [4.78, 5) is 21.9. The van der Waals surface area contributed by atoms with Gasteiger partial charge < -0.3 is 15.0 Å². The van der Waals surface area contributed by atoms with Crippen LogP contribution in [0, 0.1) is 5.92 Å². The molecule has 22 heavy (non-hydrogen) atoms. The van der Waals surface area contributed by atoms with Gasteiger partial charge in [0.2, 0.25) is 17.7 Å². The molecule has 0 radical (unpaired) electrons. The average molecular weight is 318 g/mol. The van der Waals surface area contributed by atoms with Crippen molar-refractivity contribution in [3.05, 3.63) is 12.3 Å². The molecular weight excluding hydrogens is 301 g/mol. The number of methoxy groups -OCH3 is 1. The van der Waals surface area contributed by atoms with Gasteiger partial charge in [-0.1, -0.05) is 0 Å². The molecule has 1 aliphatic heterocycles. The first-order valence-electron chi connectivity index (χ1n) is 6.85. The van der Waals surface area contributed by atoms with Crippen molar-refractivity contribution in [1.29, 1.82) is 0 Å². The summed E-state index contributed by atoms with van der Waals surface area (Å²) in [6.45, 7) is -0.370. The number of alkyl halides is 3. The van der Waals surface area contributed by atoms with Crippen LogP contribution in [0.4, 0.5) is 19.1 Å². The normalized spacial score (nSPS) is 18.9. The van der Waals surface area contributed by atoms with Crippen LogP contribution in [0.2, 0.25) is 0 Å². The number of carbonyl (C=O) groups excluding carboxylic acids is 1. The number of amides is 1. The molecule has 9 heteroatoms. The molecule has 1 aliphatic rings. The number of nitrogens with zero attached hydrogens (tertiary/aromatic N) is 3. The highest BCUT2D eigenvalue weighted by Gasteiger charge is 2.31. The molecule has 2 heterocycles. The molecule has 0 spiro atoms. The first kappa shape index (κ1) is 16.3. The van der Waals surface area contributed by atoms with E-state index in [0.29, 0.717) is 31.2 Å². The predicted octanol–water partition coefficient (Wildman–Crippen LogP) is 1.38. The molecule has 1 unspecified atom stereocenters. The molecule has 1 N–H and O–H groups in total. The molecule has 1 atom stereocenters. The van der Waals surface area contributed by atoms with Gasteiger partial charge in [0.05, 0.1) is 13.0 Å². The van der Waals surface area contributed by atoms with Crippen molar-refractivity contribution >= 4 is 11.9 Å². The zero-order chi connectivity index (χ0) is 16.2. The van der Waals surface area contributed by atoms with E-state index in [1.807, 2.05) is 5.32 Å². The molecule has 6 nitrogen and oxygen atoms in total. The lowest BCUT2D eigenvalue weighted by Gasteiger charge is -2.32. The number of hydrogen-bond acceptors (Lipinski definition) is 5. The fourth-order valence-corrected chi connectivity index (χ4v) is 2.30. The van der Waals surface area contributed by atoms with Crippen LogP contribution in [0.3, 0.4) is 0 Å². The van der Waals surface area contributed by atoms with E-state index >= 15 is 0 Å². The fourth-order valence-electron chi connectivity index (χ4n) is 2.30. The van der Waals surface area contributed by atoms with Crippen LogP contribution in [-0.4, -0.2) is 48.8 Å². The topological polar surface area (TPSA) is 67.3 Å². The Labute approximate surface area is 125 Å². The van der Waals surface area contributed by atoms with Gasteiger partial charge in [-0.2, -0.15) is 18.2 Å². The maximum atomic E-state index is 12.1. The first-order valence-corrected chi connectivity index (χ1v) is 6.85. The van der Waals surface area contributed by atoms with Gasteiger partial charge in [-0.25, -0.2) is 4.98 Å². The summed E-state index contributed by atoms with van der Waals surface area (Å²) in [6, 6.07) is 1.60. The van der Waals surface area contributed by atoms with Gasteiger partial charge in [0, 0.05) is 25.4 Å². The molecule has 1 saturated heterocycles. The fraction of sp³-hybridized carbons (Fsp3) is 0.615. The minimum absolute atomic E-state index is 0.289. The zero-order valence-electron chi connectivity index (χ0n) is 12.1. The quantitative estimate of drug-likeness (QED) is 0.908. The number of hydrogen-bond donors (Lipinski definition) is 1. The first-order chi connectivity index (χ1) is 10.4. The lowest BCUT2D eigenvalue weighted by Crippen LogP contribution is -2.45. The Kier molecular flexibility index (Phi) is 5.04. The monoisotopic (exact) mass is 318 g/mol. The third kappa shape index (κ3) is 4.47. The van der Waals surface area contributed by atoms with E-state index in [0.717, 1.165) is 0 Å². The van der Waals surface area contributed by atoms with Gasteiger partial charge in [0.25, 0.3) is 0 Å². The minimum atomic E-state index is -4.40. The van der Waals surface area contributed by atoms with Crippen LogP contribution in [0.25, 0.3) is 0 Å². The molecule has 122 valence electrons. The number of piperidine rings is 1. The molecule has 0 aromatic carbocycles. The van der Waals surface area contributed by atoms with Crippen molar-refractivity contribution in [2.24, 2.45) is 5.92 Å². The Bertz CT molecular complexity index is 524. The number of anilines is 1. The van der Waals surface area contributed by atoms with Gasteiger partial charge >= 0.3 is 6.18 Å². The molecular formula is C13H17F3N4O2. The molecule has 1 fully saturated rings. The molecule has 1 aromatic heterocycles. The highest BCUT2D eigenvalue weighted by atomic mass is 19.4. The van der Waals surface area contributed by atoms with E-state index in [4.69, 9.17) is 4.74 Å². The van der Waals surface area contributed by atoms with Gasteiger partial charge in [-0.15, -0.1) is 0 Å². The second-order valence-electron chi connectivity index (χ2n) is 5.02. The van der Waals surface area contributed by atoms with Crippen LogP contribution < -0.4 is 15.0 Å². The summed E-state index contributed by atoms with van der Waals surface area (Å²) in [7, 11) is 1.48. The minimum Gasteiger partial charge on any atom is -0.481 e. The van der Waals surface area contributed by atoms with E-state index in [1.54, 1.807) is 11.0 Å². The Hall–Kier alpha value is -2.06. The summed E-state index contributed by atoms with van der Waals surface area (Å²) < 4.78 is 41.5. The summed E-state index contributed by atoms with van der Waals surface area (Å²) in [6.07, 6.45) is -1.64. The standard InChI is InChI=1S/C13H17F3N4O2/c1-22-10-4-5-17-12(19-10)20-6-2-3-9(7-20)11(21)18-8-13(14,15)16/h4-5,9H,2-3,6-8H2,1H3,(H,18,21). The number of carbonyl (C=O) groups is 1.